The van der Waals surface area contributed by atoms with Gasteiger partial charge in [-0.15, -0.1) is 0 Å². The Morgan fingerprint density at radius 1 is 1.12 bits per heavy atom. The Balaban J connectivity index is 1.55. The third kappa shape index (κ3) is 4.67. The molecule has 2 aromatic carbocycles. The van der Waals surface area contributed by atoms with E-state index in [-0.39, 0.29) is 23.5 Å². The predicted molar refractivity (Wildman–Crippen MR) is 119 cm³/mol. The van der Waals surface area contributed by atoms with Crippen LogP contribution in [0.3, 0.4) is 0 Å². The van der Waals surface area contributed by atoms with Crippen molar-refractivity contribution in [3.8, 4) is 11.5 Å². The average Bonchev–Trinajstić information content (AvgIpc) is 2.82. The number of ether oxygens (including phenoxy) is 3. The van der Waals surface area contributed by atoms with Crippen molar-refractivity contribution in [1.29, 1.82) is 0 Å². The Hall–Kier alpha value is -2.82. The Bertz CT molecular complexity index is 1080. The molecular formula is C22H27N3O6S. The minimum absolute atomic E-state index is 0.0656. The standard InChI is InChI=1S/C22H27N3O6S/c1-24(2)32(27,28)17-7-8-19(25-9-11-29-12-10-25)18(13-17)22(26)23-14-16-15-30-20-5-3-4-6-21(20)31-16/h3-8,13,16H,9-12,14-15H2,1-2H3,(H,23,26). The minimum Gasteiger partial charge on any atom is -0.486 e. The number of carbonyl (C=O) groups excluding carboxylic acids is 1. The summed E-state index contributed by atoms with van der Waals surface area (Å²) in [6.07, 6.45) is -0.352. The highest BCUT2D eigenvalue weighted by Gasteiger charge is 2.26. The van der Waals surface area contributed by atoms with Crippen LogP contribution < -0.4 is 19.7 Å². The summed E-state index contributed by atoms with van der Waals surface area (Å²) in [4.78, 5) is 15.3. The first-order valence-electron chi connectivity index (χ1n) is 10.4. The molecule has 2 aliphatic heterocycles. The van der Waals surface area contributed by atoms with Crippen molar-refractivity contribution in [2.45, 2.75) is 11.0 Å². The lowest BCUT2D eigenvalue weighted by atomic mass is 10.1. The normalized spacial score (nSPS) is 18.5. The summed E-state index contributed by atoms with van der Waals surface area (Å²) in [5.41, 5.74) is 0.974. The Morgan fingerprint density at radius 2 is 1.84 bits per heavy atom. The molecule has 4 rings (SSSR count). The number of hydrogen-bond acceptors (Lipinski definition) is 7. The zero-order chi connectivity index (χ0) is 22.7. The van der Waals surface area contributed by atoms with Gasteiger partial charge in [-0.05, 0) is 30.3 Å². The second-order valence-corrected chi connectivity index (χ2v) is 9.93. The first kappa shape index (κ1) is 22.4. The molecule has 9 nitrogen and oxygen atoms in total. The van der Waals surface area contributed by atoms with E-state index in [0.29, 0.717) is 55.7 Å². The fourth-order valence-corrected chi connectivity index (χ4v) is 4.54. The largest absolute Gasteiger partial charge is 0.486 e. The molecule has 1 saturated heterocycles. The molecule has 1 unspecified atom stereocenters. The monoisotopic (exact) mass is 461 g/mol. The summed E-state index contributed by atoms with van der Waals surface area (Å²) >= 11 is 0. The highest BCUT2D eigenvalue weighted by Crippen LogP contribution is 2.31. The zero-order valence-electron chi connectivity index (χ0n) is 18.1. The Morgan fingerprint density at radius 3 is 2.56 bits per heavy atom. The van der Waals surface area contributed by atoms with E-state index in [2.05, 4.69) is 5.32 Å². The van der Waals surface area contributed by atoms with Gasteiger partial charge in [-0.25, -0.2) is 12.7 Å². The number of para-hydroxylation sites is 2. The predicted octanol–water partition coefficient (Wildman–Crippen LogP) is 1.34. The van der Waals surface area contributed by atoms with Gasteiger partial charge in [0.05, 0.1) is 30.2 Å². The topological polar surface area (TPSA) is 97.4 Å². The van der Waals surface area contributed by atoms with Crippen LogP contribution in [0.25, 0.3) is 0 Å². The molecule has 0 bridgehead atoms. The molecule has 2 aliphatic rings. The second kappa shape index (κ2) is 9.35. The minimum atomic E-state index is -3.68. The molecule has 0 aromatic heterocycles. The molecule has 0 aliphatic carbocycles. The number of benzene rings is 2. The second-order valence-electron chi connectivity index (χ2n) is 7.77. The van der Waals surface area contributed by atoms with E-state index in [1.54, 1.807) is 6.07 Å². The van der Waals surface area contributed by atoms with Gasteiger partial charge in [0, 0.05) is 32.9 Å². The van der Waals surface area contributed by atoms with Gasteiger partial charge < -0.3 is 24.4 Å². The van der Waals surface area contributed by atoms with Crippen LogP contribution in [-0.2, 0) is 14.8 Å². The van der Waals surface area contributed by atoms with E-state index in [0.717, 1.165) is 4.31 Å². The molecule has 0 radical (unpaired) electrons. The number of rotatable bonds is 6. The third-order valence-electron chi connectivity index (χ3n) is 5.40. The quantitative estimate of drug-likeness (QED) is 0.693. The molecule has 172 valence electrons. The highest BCUT2D eigenvalue weighted by molar-refractivity contribution is 7.89. The van der Waals surface area contributed by atoms with Gasteiger partial charge in [-0.2, -0.15) is 0 Å². The van der Waals surface area contributed by atoms with Crippen LogP contribution >= 0.6 is 0 Å². The summed E-state index contributed by atoms with van der Waals surface area (Å²) in [7, 11) is -0.761. The molecule has 0 saturated carbocycles. The molecule has 1 amide bonds. The van der Waals surface area contributed by atoms with Gasteiger partial charge in [-0.3, -0.25) is 4.79 Å². The number of nitrogens with zero attached hydrogens (tertiary/aromatic N) is 2. The van der Waals surface area contributed by atoms with Gasteiger partial charge in [0.25, 0.3) is 5.91 Å². The smallest absolute Gasteiger partial charge is 0.253 e. The number of sulfonamides is 1. The van der Waals surface area contributed by atoms with E-state index >= 15 is 0 Å². The van der Waals surface area contributed by atoms with Crippen LogP contribution in [0.15, 0.2) is 47.4 Å². The SMILES string of the molecule is CN(C)S(=O)(=O)c1ccc(N2CCOCC2)c(C(=O)NCC2COc3ccccc3O2)c1. The maximum Gasteiger partial charge on any atom is 0.253 e. The van der Waals surface area contributed by atoms with E-state index in [1.807, 2.05) is 29.2 Å². The van der Waals surface area contributed by atoms with E-state index in [1.165, 1.54) is 26.2 Å². The van der Waals surface area contributed by atoms with Crippen LogP contribution in [0.4, 0.5) is 5.69 Å². The summed E-state index contributed by atoms with van der Waals surface area (Å²) in [6, 6.07) is 12.0. The molecule has 10 heteroatoms. The van der Waals surface area contributed by atoms with Gasteiger partial charge in [0.15, 0.2) is 11.5 Å². The average molecular weight is 462 g/mol. The molecule has 2 heterocycles. The van der Waals surface area contributed by atoms with Crippen molar-refractivity contribution in [3.05, 3.63) is 48.0 Å². The highest BCUT2D eigenvalue weighted by atomic mass is 32.2. The first-order chi connectivity index (χ1) is 15.4. The number of fused-ring (bicyclic) bond motifs is 1. The van der Waals surface area contributed by atoms with Crippen LogP contribution in [-0.4, -0.2) is 78.3 Å². The molecule has 1 fully saturated rings. The summed E-state index contributed by atoms with van der Waals surface area (Å²) in [6.45, 7) is 2.87. The fourth-order valence-electron chi connectivity index (χ4n) is 3.61. The zero-order valence-corrected chi connectivity index (χ0v) is 18.9. The van der Waals surface area contributed by atoms with Crippen LogP contribution in [0.2, 0.25) is 0 Å². The van der Waals surface area contributed by atoms with E-state index < -0.39 is 10.0 Å². The molecule has 32 heavy (non-hydrogen) atoms. The number of amides is 1. The molecule has 1 atom stereocenters. The summed E-state index contributed by atoms with van der Waals surface area (Å²) in [5, 5.41) is 2.88. The number of carbonyl (C=O) groups is 1. The lowest BCUT2D eigenvalue weighted by Gasteiger charge is -2.31. The van der Waals surface area contributed by atoms with Gasteiger partial charge in [0.1, 0.15) is 12.7 Å². The van der Waals surface area contributed by atoms with Crippen LogP contribution in [0, 0.1) is 0 Å². The van der Waals surface area contributed by atoms with Gasteiger partial charge in [-0.1, -0.05) is 12.1 Å². The van der Waals surface area contributed by atoms with Gasteiger partial charge >= 0.3 is 0 Å². The lowest BCUT2D eigenvalue weighted by molar-refractivity contribution is 0.0788. The number of hydrogen-bond donors (Lipinski definition) is 1. The maximum atomic E-state index is 13.2. The fraction of sp³-hybridized carbons (Fsp3) is 0.409. The lowest BCUT2D eigenvalue weighted by Crippen LogP contribution is -2.42. The number of anilines is 1. The van der Waals surface area contributed by atoms with Crippen molar-refractivity contribution in [2.75, 3.05) is 58.5 Å². The van der Waals surface area contributed by atoms with Crippen molar-refractivity contribution in [2.24, 2.45) is 0 Å². The van der Waals surface area contributed by atoms with Crippen LogP contribution in [0.1, 0.15) is 10.4 Å². The first-order valence-corrected chi connectivity index (χ1v) is 11.9. The van der Waals surface area contributed by atoms with Crippen LogP contribution in [0.5, 0.6) is 11.5 Å². The molecule has 0 spiro atoms. The van der Waals surface area contributed by atoms with E-state index in [9.17, 15) is 13.2 Å². The maximum absolute atomic E-state index is 13.2. The summed E-state index contributed by atoms with van der Waals surface area (Å²) in [5.74, 6) is 0.933. The van der Waals surface area contributed by atoms with Crippen molar-refractivity contribution in [1.82, 2.24) is 9.62 Å². The third-order valence-corrected chi connectivity index (χ3v) is 7.21. The summed E-state index contributed by atoms with van der Waals surface area (Å²) < 4.78 is 43.4. The Labute approximate surface area is 187 Å². The number of nitrogens with one attached hydrogen (secondary N) is 1. The van der Waals surface area contributed by atoms with E-state index in [4.69, 9.17) is 14.2 Å². The molecular weight excluding hydrogens is 434 g/mol. The van der Waals surface area contributed by atoms with Crippen molar-refractivity contribution in [3.63, 3.8) is 0 Å². The van der Waals surface area contributed by atoms with Crippen molar-refractivity contribution >= 4 is 21.6 Å². The number of morpholine rings is 1. The van der Waals surface area contributed by atoms with Crippen molar-refractivity contribution < 1.29 is 27.4 Å². The molecule has 2 aromatic rings. The Kier molecular flexibility index (Phi) is 6.54. The van der Waals surface area contributed by atoms with Gasteiger partial charge in [0.2, 0.25) is 10.0 Å². The molecule has 1 N–H and O–H groups in total.